The number of nitrogens with zero attached hydrogens (tertiary/aromatic N) is 1. The number of benzene rings is 1. The third-order valence-corrected chi connectivity index (χ3v) is 4.22. The predicted molar refractivity (Wildman–Crippen MR) is 106 cm³/mol. The highest BCUT2D eigenvalue weighted by molar-refractivity contribution is 5.90. The van der Waals surface area contributed by atoms with Gasteiger partial charge in [0.1, 0.15) is 5.75 Å². The highest BCUT2D eigenvalue weighted by Crippen LogP contribution is 2.35. The van der Waals surface area contributed by atoms with E-state index in [-0.39, 0.29) is 17.4 Å². The SMILES string of the molecule is CCCCCCn1c(=O)c(OC(C)=O)c(OC(C)C)c2ccc(OC)cc21. The van der Waals surface area contributed by atoms with Crippen LogP contribution in [0.15, 0.2) is 23.0 Å². The number of carbonyl (C=O) groups is 1. The number of ether oxygens (including phenoxy) is 3. The number of hydrogen-bond acceptors (Lipinski definition) is 5. The van der Waals surface area contributed by atoms with Crippen LogP contribution in [0.25, 0.3) is 10.9 Å². The number of hydrogen-bond donors (Lipinski definition) is 0. The number of aryl methyl sites for hydroxylation is 1. The lowest BCUT2D eigenvalue weighted by atomic mass is 10.1. The van der Waals surface area contributed by atoms with Crippen LogP contribution in [0, 0.1) is 0 Å². The molecule has 0 aliphatic heterocycles. The average molecular weight is 375 g/mol. The van der Waals surface area contributed by atoms with Crippen LogP contribution >= 0.6 is 0 Å². The Morgan fingerprint density at radius 1 is 1.15 bits per heavy atom. The topological polar surface area (TPSA) is 66.8 Å². The van der Waals surface area contributed by atoms with Gasteiger partial charge in [-0.05, 0) is 32.4 Å². The van der Waals surface area contributed by atoms with Gasteiger partial charge in [-0.2, -0.15) is 0 Å². The van der Waals surface area contributed by atoms with E-state index in [9.17, 15) is 9.59 Å². The molecule has 0 atom stereocenters. The standard InChI is InChI=1S/C21H29NO5/c1-6-7-8-9-12-22-18-13-16(25-5)10-11-17(18)19(26-14(2)3)20(21(22)24)27-15(4)23/h10-11,13-14H,6-9,12H2,1-5H3. The number of fused-ring (bicyclic) bond motifs is 1. The predicted octanol–water partition coefficient (Wildman–Crippen LogP) is 4.30. The molecule has 0 amide bonds. The second kappa shape index (κ2) is 9.44. The minimum Gasteiger partial charge on any atom is -0.497 e. The summed E-state index contributed by atoms with van der Waals surface area (Å²) in [5.41, 5.74) is 0.348. The van der Waals surface area contributed by atoms with Gasteiger partial charge < -0.3 is 18.8 Å². The smallest absolute Gasteiger partial charge is 0.308 e. The van der Waals surface area contributed by atoms with Gasteiger partial charge in [-0.15, -0.1) is 0 Å². The number of methoxy groups -OCH3 is 1. The number of aromatic nitrogens is 1. The van der Waals surface area contributed by atoms with E-state index in [0.29, 0.717) is 23.6 Å². The number of unbranched alkanes of at least 4 members (excludes halogenated alkanes) is 3. The molecule has 0 bridgehead atoms. The molecule has 0 unspecified atom stereocenters. The van der Waals surface area contributed by atoms with Crippen molar-refractivity contribution in [2.45, 2.75) is 66.0 Å². The average Bonchev–Trinajstić information content (AvgIpc) is 2.62. The molecule has 1 aromatic carbocycles. The van der Waals surface area contributed by atoms with Gasteiger partial charge in [0, 0.05) is 24.9 Å². The molecule has 1 aromatic heterocycles. The maximum absolute atomic E-state index is 13.1. The summed E-state index contributed by atoms with van der Waals surface area (Å²) in [7, 11) is 1.59. The lowest BCUT2D eigenvalue weighted by Crippen LogP contribution is -2.25. The largest absolute Gasteiger partial charge is 0.497 e. The van der Waals surface area contributed by atoms with Crippen LogP contribution < -0.4 is 19.8 Å². The van der Waals surface area contributed by atoms with Gasteiger partial charge in [0.15, 0.2) is 5.75 Å². The van der Waals surface area contributed by atoms with E-state index in [1.54, 1.807) is 17.7 Å². The molecule has 0 radical (unpaired) electrons. The number of pyridine rings is 1. The summed E-state index contributed by atoms with van der Waals surface area (Å²) in [5, 5.41) is 0.718. The van der Waals surface area contributed by atoms with E-state index in [1.807, 2.05) is 26.0 Å². The summed E-state index contributed by atoms with van der Waals surface area (Å²) in [6, 6.07) is 5.46. The maximum Gasteiger partial charge on any atom is 0.308 e. The van der Waals surface area contributed by atoms with Crippen LogP contribution in [-0.4, -0.2) is 23.8 Å². The molecular weight excluding hydrogens is 346 g/mol. The lowest BCUT2D eigenvalue weighted by molar-refractivity contribution is -0.132. The quantitative estimate of drug-likeness (QED) is 0.483. The molecule has 6 heteroatoms. The lowest BCUT2D eigenvalue weighted by Gasteiger charge is -2.19. The number of carbonyl (C=O) groups excluding carboxylic acids is 1. The summed E-state index contributed by atoms with van der Waals surface area (Å²) in [4.78, 5) is 24.8. The summed E-state index contributed by atoms with van der Waals surface area (Å²) in [5.74, 6) is 0.350. The van der Waals surface area contributed by atoms with E-state index >= 15 is 0 Å². The highest BCUT2D eigenvalue weighted by atomic mass is 16.6. The molecule has 0 fully saturated rings. The second-order valence-electron chi connectivity index (χ2n) is 6.82. The van der Waals surface area contributed by atoms with Gasteiger partial charge in [-0.1, -0.05) is 26.2 Å². The Morgan fingerprint density at radius 2 is 1.89 bits per heavy atom. The van der Waals surface area contributed by atoms with Crippen molar-refractivity contribution in [3.8, 4) is 17.2 Å². The molecule has 0 saturated carbocycles. The normalized spacial score (nSPS) is 11.0. The fourth-order valence-electron chi connectivity index (χ4n) is 3.01. The molecule has 148 valence electrons. The Balaban J connectivity index is 2.70. The van der Waals surface area contributed by atoms with E-state index in [0.717, 1.165) is 31.1 Å². The van der Waals surface area contributed by atoms with E-state index in [4.69, 9.17) is 14.2 Å². The molecule has 6 nitrogen and oxygen atoms in total. The first-order valence-corrected chi connectivity index (χ1v) is 9.48. The van der Waals surface area contributed by atoms with E-state index < -0.39 is 5.97 Å². The van der Waals surface area contributed by atoms with Crippen molar-refractivity contribution in [2.24, 2.45) is 0 Å². The van der Waals surface area contributed by atoms with Crippen molar-refractivity contribution in [3.05, 3.63) is 28.6 Å². The van der Waals surface area contributed by atoms with Crippen molar-refractivity contribution in [1.29, 1.82) is 0 Å². The van der Waals surface area contributed by atoms with Crippen LogP contribution in [0.4, 0.5) is 0 Å². The van der Waals surface area contributed by atoms with Gasteiger partial charge >= 0.3 is 5.97 Å². The monoisotopic (exact) mass is 375 g/mol. The summed E-state index contributed by atoms with van der Waals surface area (Å²) >= 11 is 0. The first-order chi connectivity index (χ1) is 12.9. The van der Waals surface area contributed by atoms with Gasteiger partial charge in [-0.3, -0.25) is 9.59 Å². The van der Waals surface area contributed by atoms with Crippen LogP contribution in [0.1, 0.15) is 53.4 Å². The zero-order valence-corrected chi connectivity index (χ0v) is 16.8. The van der Waals surface area contributed by atoms with Crippen LogP contribution in [-0.2, 0) is 11.3 Å². The van der Waals surface area contributed by atoms with Gasteiger partial charge in [0.2, 0.25) is 5.75 Å². The van der Waals surface area contributed by atoms with Crippen LogP contribution in [0.2, 0.25) is 0 Å². The van der Waals surface area contributed by atoms with Crippen molar-refractivity contribution in [1.82, 2.24) is 4.57 Å². The molecule has 0 saturated heterocycles. The van der Waals surface area contributed by atoms with E-state index in [1.165, 1.54) is 6.92 Å². The van der Waals surface area contributed by atoms with Crippen molar-refractivity contribution < 1.29 is 19.0 Å². The fourth-order valence-corrected chi connectivity index (χ4v) is 3.01. The molecule has 0 aliphatic carbocycles. The summed E-state index contributed by atoms with van der Waals surface area (Å²) in [6.45, 7) is 7.69. The van der Waals surface area contributed by atoms with Gasteiger partial charge in [0.05, 0.1) is 18.7 Å². The Hall–Kier alpha value is -2.50. The molecule has 0 aliphatic rings. The van der Waals surface area contributed by atoms with Gasteiger partial charge in [-0.25, -0.2) is 0 Å². The first kappa shape index (κ1) is 20.8. The molecular formula is C21H29NO5. The Bertz CT molecular complexity index is 854. The second-order valence-corrected chi connectivity index (χ2v) is 6.82. The number of esters is 1. The summed E-state index contributed by atoms with van der Waals surface area (Å²) in [6.07, 6.45) is 3.94. The minimum absolute atomic E-state index is 0.0515. The molecule has 1 heterocycles. The minimum atomic E-state index is -0.550. The third-order valence-electron chi connectivity index (χ3n) is 4.22. The number of rotatable bonds is 9. The van der Waals surface area contributed by atoms with Gasteiger partial charge in [0.25, 0.3) is 5.56 Å². The zero-order chi connectivity index (χ0) is 20.0. The molecule has 0 N–H and O–H groups in total. The molecule has 0 spiro atoms. The fraction of sp³-hybridized carbons (Fsp3) is 0.524. The molecule has 2 rings (SSSR count). The summed E-state index contributed by atoms with van der Waals surface area (Å²) < 4.78 is 18.1. The van der Waals surface area contributed by atoms with Crippen molar-refractivity contribution in [3.63, 3.8) is 0 Å². The third kappa shape index (κ3) is 5.02. The molecule has 27 heavy (non-hydrogen) atoms. The zero-order valence-electron chi connectivity index (χ0n) is 16.8. The van der Waals surface area contributed by atoms with Crippen molar-refractivity contribution in [2.75, 3.05) is 7.11 Å². The molecule has 2 aromatic rings. The van der Waals surface area contributed by atoms with Crippen LogP contribution in [0.5, 0.6) is 17.2 Å². The van der Waals surface area contributed by atoms with Crippen LogP contribution in [0.3, 0.4) is 0 Å². The highest BCUT2D eigenvalue weighted by Gasteiger charge is 2.22. The first-order valence-electron chi connectivity index (χ1n) is 9.48. The van der Waals surface area contributed by atoms with Crippen molar-refractivity contribution >= 4 is 16.9 Å². The Morgan fingerprint density at radius 3 is 2.48 bits per heavy atom. The maximum atomic E-state index is 13.1. The van der Waals surface area contributed by atoms with E-state index in [2.05, 4.69) is 6.92 Å². The Labute approximate surface area is 160 Å². The Kier molecular flexibility index (Phi) is 7.28.